The fourth-order valence-electron chi connectivity index (χ4n) is 1.40. The molecule has 0 aromatic heterocycles. The molecule has 0 saturated heterocycles. The summed E-state index contributed by atoms with van der Waals surface area (Å²) in [7, 11) is 1.28. The van der Waals surface area contributed by atoms with Gasteiger partial charge in [0.05, 0.1) is 0 Å². The van der Waals surface area contributed by atoms with Crippen LogP contribution < -0.4 is 10.6 Å². The minimum absolute atomic E-state index is 0. The van der Waals surface area contributed by atoms with Crippen molar-refractivity contribution in [1.29, 1.82) is 0 Å². The maximum atomic E-state index is 2.29. The summed E-state index contributed by atoms with van der Waals surface area (Å²) in [6, 6.07) is 21.0. The predicted octanol–water partition coefficient (Wildman–Crippen LogP) is 4.21. The van der Waals surface area contributed by atoms with Gasteiger partial charge in [0, 0.05) is 0 Å². The summed E-state index contributed by atoms with van der Waals surface area (Å²) >= 11 is 0.218. The monoisotopic (exact) mass is 397 g/mol. The van der Waals surface area contributed by atoms with E-state index in [4.69, 9.17) is 0 Å². The van der Waals surface area contributed by atoms with Crippen LogP contribution >= 0.6 is 18.5 Å². The molecule has 0 fully saturated rings. The van der Waals surface area contributed by atoms with Crippen LogP contribution in [-0.2, 0) is 0 Å². The SMILES string of the molecule is C[CH2][Sn][CH2]C.P.c1ccc([P]c2ccccc2)cc1. The Morgan fingerprint density at radius 2 is 1.11 bits per heavy atom. The summed E-state index contributed by atoms with van der Waals surface area (Å²) in [4.78, 5) is 0. The normalized spacial score (nSPS) is 8.95. The van der Waals surface area contributed by atoms with Gasteiger partial charge in [-0.05, 0) is 19.2 Å². The van der Waals surface area contributed by atoms with E-state index in [0.29, 0.717) is 0 Å². The summed E-state index contributed by atoms with van der Waals surface area (Å²) in [6.07, 6.45) is 0. The molecule has 2 aromatic rings. The third-order valence-electron chi connectivity index (χ3n) is 2.27. The van der Waals surface area contributed by atoms with Crippen LogP contribution in [0.25, 0.3) is 0 Å². The van der Waals surface area contributed by atoms with E-state index in [0.717, 1.165) is 0 Å². The molecule has 0 spiro atoms. The topological polar surface area (TPSA) is 0 Å². The molecule has 0 amide bonds. The average Bonchev–Trinajstić information content (AvgIpc) is 2.43. The Morgan fingerprint density at radius 3 is 1.37 bits per heavy atom. The number of hydrogen-bond acceptors (Lipinski definition) is 0. The zero-order valence-corrected chi connectivity index (χ0v) is 17.0. The first-order valence-corrected chi connectivity index (χ1v) is 11.3. The van der Waals surface area contributed by atoms with E-state index in [2.05, 4.69) is 62.4 Å². The number of rotatable bonds is 4. The molecule has 101 valence electrons. The summed E-state index contributed by atoms with van der Waals surface area (Å²) in [5.74, 6) is 0. The van der Waals surface area contributed by atoms with Crippen molar-refractivity contribution in [2.75, 3.05) is 0 Å². The van der Waals surface area contributed by atoms with Gasteiger partial charge in [-0.15, -0.1) is 0 Å². The molecule has 0 aliphatic carbocycles. The van der Waals surface area contributed by atoms with Crippen molar-refractivity contribution in [2.24, 2.45) is 0 Å². The van der Waals surface area contributed by atoms with Crippen LogP contribution in [0.15, 0.2) is 60.7 Å². The number of hydrogen-bond donors (Lipinski definition) is 0. The standard InChI is InChI=1S/C12H10P.2C2H5.H3P.Sn/c1-3-7-11(8-4-1)13-12-9-5-2-6-10-12;2*1-2;;/h1-10H;2*1H2,2H3;1H3;. The quantitative estimate of drug-likeness (QED) is 0.537. The Balaban J connectivity index is 0.000000471. The Hall–Kier alpha value is 0.0987. The molecule has 0 N–H and O–H groups in total. The largest absolute Gasteiger partial charge is 0.153 e. The van der Waals surface area contributed by atoms with Gasteiger partial charge in [0.1, 0.15) is 0 Å². The van der Waals surface area contributed by atoms with Gasteiger partial charge >= 0.3 is 43.9 Å². The maximum absolute atomic E-state index is 2.29. The first kappa shape index (κ1) is 19.1. The van der Waals surface area contributed by atoms with Gasteiger partial charge in [-0.2, -0.15) is 9.90 Å². The second-order valence-corrected chi connectivity index (χ2v) is 10.5. The van der Waals surface area contributed by atoms with E-state index in [1.165, 1.54) is 28.1 Å². The molecule has 0 aliphatic heterocycles. The second-order valence-electron chi connectivity index (χ2n) is 3.74. The van der Waals surface area contributed by atoms with Crippen LogP contribution in [0.2, 0.25) is 8.87 Å². The minimum Gasteiger partial charge on any atom is -0.153 e. The Labute approximate surface area is 133 Å². The fraction of sp³-hybridized carbons (Fsp3) is 0.250. The molecular formula is C16H23P2Sn. The zero-order valence-electron chi connectivity index (χ0n) is 11.8. The van der Waals surface area contributed by atoms with E-state index in [1.54, 1.807) is 0 Å². The Bertz CT molecular complexity index is 364. The van der Waals surface area contributed by atoms with E-state index in [-0.39, 0.29) is 31.0 Å². The van der Waals surface area contributed by atoms with Gasteiger partial charge < -0.3 is 0 Å². The molecule has 0 nitrogen and oxygen atoms in total. The van der Waals surface area contributed by atoms with Gasteiger partial charge in [0.25, 0.3) is 0 Å². The molecular weight excluding hydrogens is 373 g/mol. The van der Waals surface area contributed by atoms with Crippen LogP contribution in [0, 0.1) is 0 Å². The molecule has 0 aliphatic rings. The van der Waals surface area contributed by atoms with Crippen molar-refractivity contribution in [2.45, 2.75) is 22.7 Å². The molecule has 0 saturated carbocycles. The van der Waals surface area contributed by atoms with Gasteiger partial charge in [0.2, 0.25) is 0 Å². The average molecular weight is 396 g/mol. The molecule has 0 heterocycles. The Morgan fingerprint density at radius 1 is 0.737 bits per heavy atom. The first-order valence-electron chi connectivity index (χ1n) is 6.39. The predicted molar refractivity (Wildman–Crippen MR) is 96.9 cm³/mol. The van der Waals surface area contributed by atoms with Gasteiger partial charge in [-0.1, -0.05) is 60.7 Å². The van der Waals surface area contributed by atoms with E-state index in [9.17, 15) is 0 Å². The summed E-state index contributed by atoms with van der Waals surface area (Å²) in [5.41, 5.74) is 0. The van der Waals surface area contributed by atoms with Crippen LogP contribution in [-0.4, -0.2) is 21.1 Å². The van der Waals surface area contributed by atoms with Gasteiger partial charge in [-0.25, -0.2) is 0 Å². The molecule has 1 unspecified atom stereocenters. The summed E-state index contributed by atoms with van der Waals surface area (Å²) in [6.45, 7) is 4.57. The van der Waals surface area contributed by atoms with Crippen molar-refractivity contribution in [1.82, 2.24) is 0 Å². The van der Waals surface area contributed by atoms with Crippen LogP contribution in [0.1, 0.15) is 13.8 Å². The van der Waals surface area contributed by atoms with Gasteiger partial charge in [-0.3, -0.25) is 0 Å². The molecule has 1 atom stereocenters. The molecule has 19 heavy (non-hydrogen) atoms. The third-order valence-corrected chi connectivity index (χ3v) is 6.24. The van der Waals surface area contributed by atoms with Crippen molar-refractivity contribution in [3.05, 3.63) is 60.7 Å². The van der Waals surface area contributed by atoms with E-state index >= 15 is 0 Å². The molecule has 2 aromatic carbocycles. The smallest absolute Gasteiger partial charge is 0.0100 e. The van der Waals surface area contributed by atoms with E-state index in [1.807, 2.05) is 12.1 Å². The third kappa shape index (κ3) is 9.60. The molecule has 2 rings (SSSR count). The molecule has 3 radical (unpaired) electrons. The molecule has 3 heteroatoms. The first-order chi connectivity index (χ1) is 8.86. The van der Waals surface area contributed by atoms with Gasteiger partial charge in [0.15, 0.2) is 0 Å². The van der Waals surface area contributed by atoms with Crippen LogP contribution in [0.3, 0.4) is 0 Å². The van der Waals surface area contributed by atoms with Crippen molar-refractivity contribution < 1.29 is 0 Å². The van der Waals surface area contributed by atoms with Crippen LogP contribution in [0.5, 0.6) is 0 Å². The van der Waals surface area contributed by atoms with Crippen molar-refractivity contribution in [3.63, 3.8) is 0 Å². The second kappa shape index (κ2) is 13.1. The minimum atomic E-state index is 0. The van der Waals surface area contributed by atoms with Crippen molar-refractivity contribution >= 4 is 50.2 Å². The molecule has 0 bridgehead atoms. The fourth-order valence-corrected chi connectivity index (χ4v) is 3.77. The zero-order chi connectivity index (χ0) is 13.1. The maximum Gasteiger partial charge on any atom is -0.0100 e. The van der Waals surface area contributed by atoms with E-state index < -0.39 is 0 Å². The Kier molecular flexibility index (Phi) is 13.2. The van der Waals surface area contributed by atoms with Crippen LogP contribution in [0.4, 0.5) is 0 Å². The number of benzene rings is 2. The summed E-state index contributed by atoms with van der Waals surface area (Å²) in [5, 5.41) is 2.68. The van der Waals surface area contributed by atoms with Crippen molar-refractivity contribution in [3.8, 4) is 0 Å². The summed E-state index contributed by atoms with van der Waals surface area (Å²) < 4.78 is 3.03.